The third kappa shape index (κ3) is 3.93. The Morgan fingerprint density at radius 3 is 2.75 bits per heavy atom. The summed E-state index contributed by atoms with van der Waals surface area (Å²) in [4.78, 5) is 13.8. The molecule has 0 bridgehead atoms. The van der Waals surface area contributed by atoms with E-state index in [2.05, 4.69) is 10.2 Å². The van der Waals surface area contributed by atoms with E-state index in [-0.39, 0.29) is 31.0 Å². The van der Waals surface area contributed by atoms with Crippen LogP contribution in [0.25, 0.3) is 0 Å². The highest BCUT2D eigenvalue weighted by atomic mass is 35.5. The number of halogens is 1. The van der Waals surface area contributed by atoms with Gasteiger partial charge in [-0.25, -0.2) is 4.79 Å². The molecule has 0 aliphatic carbocycles. The molecule has 0 saturated carbocycles. The maximum Gasteiger partial charge on any atom is 0.337 e. The lowest BCUT2D eigenvalue weighted by Crippen LogP contribution is -2.46. The predicted octanol–water partition coefficient (Wildman–Crippen LogP) is 0.834. The Morgan fingerprint density at radius 1 is 1.45 bits per heavy atom. The van der Waals surface area contributed by atoms with Gasteiger partial charge in [-0.2, -0.15) is 0 Å². The van der Waals surface area contributed by atoms with Gasteiger partial charge in [0.25, 0.3) is 0 Å². The number of ether oxygens (including phenoxy) is 1. The number of hydrogen-bond donors (Lipinski definition) is 2. The van der Waals surface area contributed by atoms with E-state index in [1.165, 1.54) is 7.11 Å². The first kappa shape index (κ1) is 16.9. The summed E-state index contributed by atoms with van der Waals surface area (Å²) in [6.45, 7) is 3.69. The first-order valence-corrected chi connectivity index (χ1v) is 6.50. The van der Waals surface area contributed by atoms with E-state index in [9.17, 15) is 9.90 Å². The molecular weight excluding hydrogens is 280 g/mol. The second-order valence-electron chi connectivity index (χ2n) is 4.60. The third-order valence-electron chi connectivity index (χ3n) is 3.46. The highest BCUT2D eigenvalue weighted by Crippen LogP contribution is 2.21. The number of aliphatic hydroxyl groups excluding tert-OH is 1. The zero-order valence-electron chi connectivity index (χ0n) is 11.5. The van der Waals surface area contributed by atoms with Crippen LogP contribution in [0.1, 0.15) is 22.0 Å². The second kappa shape index (κ2) is 8.21. The normalized spacial score (nSPS) is 17.1. The molecule has 0 spiro atoms. The molecule has 1 aromatic carbocycles. The molecule has 0 unspecified atom stereocenters. The summed E-state index contributed by atoms with van der Waals surface area (Å²) in [5, 5.41) is 12.9. The van der Waals surface area contributed by atoms with Crippen molar-refractivity contribution in [2.45, 2.75) is 6.04 Å². The molecule has 1 aliphatic rings. The van der Waals surface area contributed by atoms with Crippen LogP contribution in [0, 0.1) is 0 Å². The summed E-state index contributed by atoms with van der Waals surface area (Å²) < 4.78 is 4.73. The Morgan fingerprint density at radius 2 is 2.15 bits per heavy atom. The van der Waals surface area contributed by atoms with Gasteiger partial charge in [0.15, 0.2) is 0 Å². The minimum atomic E-state index is -0.348. The van der Waals surface area contributed by atoms with Crippen LogP contribution >= 0.6 is 12.4 Å². The highest BCUT2D eigenvalue weighted by Gasteiger charge is 2.22. The summed E-state index contributed by atoms with van der Waals surface area (Å²) >= 11 is 0. The van der Waals surface area contributed by atoms with Gasteiger partial charge in [0.2, 0.25) is 0 Å². The van der Waals surface area contributed by atoms with Crippen molar-refractivity contribution in [1.29, 1.82) is 0 Å². The van der Waals surface area contributed by atoms with Crippen molar-refractivity contribution in [3.05, 3.63) is 35.4 Å². The average molecular weight is 301 g/mol. The molecule has 1 aliphatic heterocycles. The topological polar surface area (TPSA) is 61.8 Å². The van der Waals surface area contributed by atoms with Crippen LogP contribution in [0.2, 0.25) is 0 Å². The van der Waals surface area contributed by atoms with Crippen molar-refractivity contribution in [1.82, 2.24) is 10.2 Å². The van der Waals surface area contributed by atoms with E-state index < -0.39 is 0 Å². The van der Waals surface area contributed by atoms with Crippen molar-refractivity contribution in [3.8, 4) is 0 Å². The van der Waals surface area contributed by atoms with Crippen LogP contribution in [-0.4, -0.2) is 55.9 Å². The predicted molar refractivity (Wildman–Crippen MR) is 79.3 cm³/mol. The fourth-order valence-corrected chi connectivity index (χ4v) is 2.42. The van der Waals surface area contributed by atoms with Crippen LogP contribution in [0.3, 0.4) is 0 Å². The maximum atomic E-state index is 11.5. The smallest absolute Gasteiger partial charge is 0.337 e. The molecule has 2 N–H and O–H groups in total. The lowest BCUT2D eigenvalue weighted by molar-refractivity contribution is 0.0599. The van der Waals surface area contributed by atoms with Crippen LogP contribution in [0.4, 0.5) is 0 Å². The molecule has 1 heterocycles. The van der Waals surface area contributed by atoms with Crippen molar-refractivity contribution in [3.63, 3.8) is 0 Å². The molecule has 0 aromatic heterocycles. The molecule has 2 rings (SSSR count). The average Bonchev–Trinajstić information content (AvgIpc) is 2.48. The number of carbonyl (C=O) groups excluding carboxylic acids is 1. The molecule has 5 nitrogen and oxygen atoms in total. The number of nitrogens with zero attached hydrogens (tertiary/aromatic N) is 1. The number of methoxy groups -OCH3 is 1. The van der Waals surface area contributed by atoms with Crippen molar-refractivity contribution in [2.75, 3.05) is 39.9 Å². The quantitative estimate of drug-likeness (QED) is 0.807. The number of rotatable bonds is 4. The van der Waals surface area contributed by atoms with Crippen molar-refractivity contribution < 1.29 is 14.6 Å². The molecule has 1 atom stereocenters. The van der Waals surface area contributed by atoms with E-state index in [1.54, 1.807) is 12.1 Å². The molecule has 20 heavy (non-hydrogen) atoms. The number of aliphatic hydroxyl groups is 1. The summed E-state index contributed by atoms with van der Waals surface area (Å²) in [5.41, 5.74) is 1.47. The Balaban J connectivity index is 0.00000200. The largest absolute Gasteiger partial charge is 0.465 e. The molecule has 1 saturated heterocycles. The summed E-state index contributed by atoms with van der Waals surface area (Å²) in [6, 6.07) is 7.23. The fourth-order valence-electron chi connectivity index (χ4n) is 2.42. The number of esters is 1. The molecule has 1 aromatic rings. The van der Waals surface area contributed by atoms with Gasteiger partial charge in [0.1, 0.15) is 0 Å². The maximum absolute atomic E-state index is 11.5. The first-order chi connectivity index (χ1) is 9.26. The molecule has 6 heteroatoms. The Labute approximate surface area is 125 Å². The van der Waals surface area contributed by atoms with Gasteiger partial charge in [-0.15, -0.1) is 12.4 Å². The van der Waals surface area contributed by atoms with Crippen LogP contribution in [0.5, 0.6) is 0 Å². The number of piperazine rings is 1. The summed E-state index contributed by atoms with van der Waals surface area (Å²) in [7, 11) is 1.37. The van der Waals surface area contributed by atoms with E-state index in [0.717, 1.165) is 31.7 Å². The van der Waals surface area contributed by atoms with E-state index in [0.29, 0.717) is 5.56 Å². The van der Waals surface area contributed by atoms with Gasteiger partial charge in [-0.3, -0.25) is 4.90 Å². The molecule has 0 radical (unpaired) electrons. The Hall–Kier alpha value is -1.14. The van der Waals surface area contributed by atoms with E-state index in [1.807, 2.05) is 12.1 Å². The minimum Gasteiger partial charge on any atom is -0.465 e. The van der Waals surface area contributed by atoms with Crippen LogP contribution in [0.15, 0.2) is 24.3 Å². The second-order valence-corrected chi connectivity index (χ2v) is 4.60. The molecule has 1 fully saturated rings. The Bertz CT molecular complexity index is 436. The van der Waals surface area contributed by atoms with E-state index >= 15 is 0 Å². The highest BCUT2D eigenvalue weighted by molar-refractivity contribution is 5.89. The molecule has 112 valence electrons. The number of carbonyl (C=O) groups is 1. The van der Waals surface area contributed by atoms with E-state index in [4.69, 9.17) is 4.74 Å². The Kier molecular flexibility index (Phi) is 6.95. The van der Waals surface area contributed by atoms with Crippen LogP contribution in [-0.2, 0) is 4.74 Å². The van der Waals surface area contributed by atoms with Gasteiger partial charge < -0.3 is 15.2 Å². The SMILES string of the molecule is COC(=O)c1cccc([C@@H](CO)N2CCNCC2)c1.Cl. The van der Waals surface area contributed by atoms with Gasteiger partial charge >= 0.3 is 5.97 Å². The monoisotopic (exact) mass is 300 g/mol. The minimum absolute atomic E-state index is 0. The third-order valence-corrected chi connectivity index (χ3v) is 3.46. The summed E-state index contributed by atoms with van der Waals surface area (Å²) in [6.07, 6.45) is 0. The molecular formula is C14H21ClN2O3. The lowest BCUT2D eigenvalue weighted by atomic mass is 10.0. The standard InChI is InChI=1S/C14H20N2O3.ClH/c1-19-14(18)12-4-2-3-11(9-12)13(10-17)16-7-5-15-6-8-16;/h2-4,9,13,15,17H,5-8,10H2,1H3;1H/t13-;/m1./s1. The number of nitrogens with one attached hydrogen (secondary N) is 1. The summed E-state index contributed by atoms with van der Waals surface area (Å²) in [5.74, 6) is -0.348. The van der Waals surface area contributed by atoms with Gasteiger partial charge in [0, 0.05) is 26.2 Å². The van der Waals surface area contributed by atoms with Crippen molar-refractivity contribution in [2.24, 2.45) is 0 Å². The number of hydrogen-bond acceptors (Lipinski definition) is 5. The first-order valence-electron chi connectivity index (χ1n) is 6.50. The van der Waals surface area contributed by atoms with Gasteiger partial charge in [0.05, 0.1) is 25.3 Å². The fraction of sp³-hybridized carbons (Fsp3) is 0.500. The number of benzene rings is 1. The zero-order valence-corrected chi connectivity index (χ0v) is 12.4. The molecule has 0 amide bonds. The van der Waals surface area contributed by atoms with Gasteiger partial charge in [-0.1, -0.05) is 12.1 Å². The van der Waals surface area contributed by atoms with Crippen molar-refractivity contribution >= 4 is 18.4 Å². The zero-order chi connectivity index (χ0) is 13.7. The van der Waals surface area contributed by atoms with Crippen LogP contribution < -0.4 is 5.32 Å². The lowest BCUT2D eigenvalue weighted by Gasteiger charge is -2.34. The van der Waals surface area contributed by atoms with Gasteiger partial charge in [-0.05, 0) is 17.7 Å².